The second kappa shape index (κ2) is 9.23. The van der Waals surface area contributed by atoms with E-state index in [1.54, 1.807) is 0 Å². The molecule has 0 radical (unpaired) electrons. The number of rotatable bonds is 8. The molecule has 0 fully saturated rings. The van der Waals surface area contributed by atoms with Crippen molar-refractivity contribution in [3.8, 4) is 0 Å². The SMILES string of the molecule is CCN(CC)C(=O)Cc1ccc(NC(C)c2cccc(CO)c2)cc1. The average Bonchev–Trinajstić information content (AvgIpc) is 2.64. The van der Waals surface area contributed by atoms with Gasteiger partial charge in [-0.2, -0.15) is 0 Å². The molecule has 1 atom stereocenters. The summed E-state index contributed by atoms with van der Waals surface area (Å²) in [4.78, 5) is 14.0. The highest BCUT2D eigenvalue weighted by Gasteiger charge is 2.11. The summed E-state index contributed by atoms with van der Waals surface area (Å²) in [6, 6.07) is 16.1. The van der Waals surface area contributed by atoms with Crippen molar-refractivity contribution in [1.82, 2.24) is 4.90 Å². The number of anilines is 1. The van der Waals surface area contributed by atoms with Crippen LogP contribution in [0.3, 0.4) is 0 Å². The predicted octanol–water partition coefficient (Wildman–Crippen LogP) is 3.76. The third-order valence-electron chi connectivity index (χ3n) is 4.44. The summed E-state index contributed by atoms with van der Waals surface area (Å²) in [5.41, 5.74) is 4.09. The summed E-state index contributed by atoms with van der Waals surface area (Å²) in [5.74, 6) is 0.167. The van der Waals surface area contributed by atoms with E-state index in [0.717, 1.165) is 35.5 Å². The summed E-state index contributed by atoms with van der Waals surface area (Å²) in [6.45, 7) is 7.64. The van der Waals surface area contributed by atoms with Gasteiger partial charge in [0.15, 0.2) is 0 Å². The fourth-order valence-corrected chi connectivity index (χ4v) is 2.88. The van der Waals surface area contributed by atoms with Gasteiger partial charge < -0.3 is 15.3 Å². The summed E-state index contributed by atoms with van der Waals surface area (Å²) in [5, 5.41) is 12.7. The molecule has 1 amide bonds. The van der Waals surface area contributed by atoms with Crippen LogP contribution in [0.4, 0.5) is 5.69 Å². The topological polar surface area (TPSA) is 52.6 Å². The quantitative estimate of drug-likeness (QED) is 0.769. The summed E-state index contributed by atoms with van der Waals surface area (Å²) < 4.78 is 0. The number of nitrogens with one attached hydrogen (secondary N) is 1. The Labute approximate surface area is 150 Å². The number of hydrogen-bond acceptors (Lipinski definition) is 3. The number of carbonyl (C=O) groups excluding carboxylic acids is 1. The number of amides is 1. The molecule has 0 heterocycles. The van der Waals surface area contributed by atoms with E-state index < -0.39 is 0 Å². The normalized spacial score (nSPS) is 11.8. The average molecular weight is 340 g/mol. The van der Waals surface area contributed by atoms with E-state index in [1.807, 2.05) is 67.3 Å². The lowest BCUT2D eigenvalue weighted by atomic mass is 10.0. The number of aliphatic hydroxyl groups excluding tert-OH is 1. The van der Waals surface area contributed by atoms with E-state index in [2.05, 4.69) is 12.2 Å². The highest BCUT2D eigenvalue weighted by molar-refractivity contribution is 5.78. The smallest absolute Gasteiger partial charge is 0.226 e. The first kappa shape index (κ1) is 19.0. The van der Waals surface area contributed by atoms with Crippen LogP contribution < -0.4 is 5.32 Å². The predicted molar refractivity (Wildman–Crippen MR) is 102 cm³/mol. The maximum Gasteiger partial charge on any atom is 0.226 e. The molecule has 2 rings (SSSR count). The zero-order chi connectivity index (χ0) is 18.2. The monoisotopic (exact) mass is 340 g/mol. The molecule has 0 bridgehead atoms. The molecule has 0 aliphatic heterocycles. The minimum atomic E-state index is 0.0514. The molecule has 0 aliphatic carbocycles. The molecule has 0 saturated carbocycles. The van der Waals surface area contributed by atoms with Crippen LogP contribution in [0.2, 0.25) is 0 Å². The second-order valence-electron chi connectivity index (χ2n) is 6.21. The lowest BCUT2D eigenvalue weighted by molar-refractivity contribution is -0.130. The van der Waals surface area contributed by atoms with E-state index in [1.165, 1.54) is 0 Å². The van der Waals surface area contributed by atoms with Crippen LogP contribution in [0, 0.1) is 0 Å². The minimum absolute atomic E-state index is 0.0514. The van der Waals surface area contributed by atoms with E-state index in [9.17, 15) is 9.90 Å². The van der Waals surface area contributed by atoms with E-state index in [4.69, 9.17) is 0 Å². The van der Waals surface area contributed by atoms with Gasteiger partial charge >= 0.3 is 0 Å². The van der Waals surface area contributed by atoms with Gasteiger partial charge in [-0.05, 0) is 49.6 Å². The summed E-state index contributed by atoms with van der Waals surface area (Å²) in [7, 11) is 0. The van der Waals surface area contributed by atoms with Crippen molar-refractivity contribution in [3.05, 3.63) is 65.2 Å². The van der Waals surface area contributed by atoms with Crippen molar-refractivity contribution < 1.29 is 9.90 Å². The highest BCUT2D eigenvalue weighted by Crippen LogP contribution is 2.21. The van der Waals surface area contributed by atoms with Crippen molar-refractivity contribution in [2.24, 2.45) is 0 Å². The van der Waals surface area contributed by atoms with Gasteiger partial charge in [-0.25, -0.2) is 0 Å². The third-order valence-corrected chi connectivity index (χ3v) is 4.44. The molecule has 0 aliphatic rings. The number of carbonyl (C=O) groups is 1. The Bertz CT molecular complexity index is 679. The standard InChI is InChI=1S/C21H28N2O2/c1-4-23(5-2)21(25)14-17-9-11-20(12-10-17)22-16(3)19-8-6-7-18(13-19)15-24/h6-13,16,22,24H,4-5,14-15H2,1-3H3. The molecule has 4 heteroatoms. The second-order valence-corrected chi connectivity index (χ2v) is 6.21. The Morgan fingerprint density at radius 2 is 1.76 bits per heavy atom. The van der Waals surface area contributed by atoms with Gasteiger partial charge in [0.25, 0.3) is 0 Å². The van der Waals surface area contributed by atoms with Crippen molar-refractivity contribution in [3.63, 3.8) is 0 Å². The van der Waals surface area contributed by atoms with E-state index >= 15 is 0 Å². The lowest BCUT2D eigenvalue weighted by Crippen LogP contribution is -2.31. The zero-order valence-corrected chi connectivity index (χ0v) is 15.3. The van der Waals surface area contributed by atoms with Crippen LogP contribution in [0.15, 0.2) is 48.5 Å². The van der Waals surface area contributed by atoms with Crippen LogP contribution in [-0.2, 0) is 17.8 Å². The van der Waals surface area contributed by atoms with Crippen LogP contribution in [0.5, 0.6) is 0 Å². The van der Waals surface area contributed by atoms with Crippen molar-refractivity contribution in [2.75, 3.05) is 18.4 Å². The Hall–Kier alpha value is -2.33. The van der Waals surface area contributed by atoms with Crippen molar-refractivity contribution in [2.45, 2.75) is 39.8 Å². The van der Waals surface area contributed by atoms with Crippen molar-refractivity contribution in [1.29, 1.82) is 0 Å². The zero-order valence-electron chi connectivity index (χ0n) is 15.3. The van der Waals surface area contributed by atoms with Gasteiger partial charge in [0, 0.05) is 24.8 Å². The van der Waals surface area contributed by atoms with Gasteiger partial charge in [-0.15, -0.1) is 0 Å². The molecule has 25 heavy (non-hydrogen) atoms. The fraction of sp³-hybridized carbons (Fsp3) is 0.381. The summed E-state index contributed by atoms with van der Waals surface area (Å²) in [6.07, 6.45) is 0.441. The molecule has 4 nitrogen and oxygen atoms in total. The van der Waals surface area contributed by atoms with E-state index in [0.29, 0.717) is 6.42 Å². The van der Waals surface area contributed by atoms with Crippen LogP contribution in [0.1, 0.15) is 43.5 Å². The number of hydrogen-bond donors (Lipinski definition) is 2. The number of nitrogens with zero attached hydrogens (tertiary/aromatic N) is 1. The lowest BCUT2D eigenvalue weighted by Gasteiger charge is -2.19. The fourth-order valence-electron chi connectivity index (χ4n) is 2.88. The van der Waals surface area contributed by atoms with Crippen LogP contribution in [0.25, 0.3) is 0 Å². The number of benzene rings is 2. The van der Waals surface area contributed by atoms with Gasteiger partial charge in [-0.1, -0.05) is 36.4 Å². The van der Waals surface area contributed by atoms with Gasteiger partial charge in [0.1, 0.15) is 0 Å². The maximum atomic E-state index is 12.2. The first-order chi connectivity index (χ1) is 12.1. The van der Waals surface area contributed by atoms with Crippen LogP contribution >= 0.6 is 0 Å². The third kappa shape index (κ3) is 5.33. The Morgan fingerprint density at radius 1 is 1.08 bits per heavy atom. The van der Waals surface area contributed by atoms with Gasteiger partial charge in [0.2, 0.25) is 5.91 Å². The molecule has 134 valence electrons. The first-order valence-electron chi connectivity index (χ1n) is 8.90. The molecular weight excluding hydrogens is 312 g/mol. The number of likely N-dealkylation sites (N-methyl/N-ethyl adjacent to an activating group) is 1. The van der Waals surface area contributed by atoms with Gasteiger partial charge in [-0.3, -0.25) is 4.79 Å². The van der Waals surface area contributed by atoms with Crippen LogP contribution in [-0.4, -0.2) is 29.0 Å². The Morgan fingerprint density at radius 3 is 2.36 bits per heavy atom. The minimum Gasteiger partial charge on any atom is -0.392 e. The highest BCUT2D eigenvalue weighted by atomic mass is 16.3. The molecule has 2 aromatic carbocycles. The van der Waals surface area contributed by atoms with Gasteiger partial charge in [0.05, 0.1) is 13.0 Å². The van der Waals surface area contributed by atoms with Crippen molar-refractivity contribution >= 4 is 11.6 Å². The summed E-state index contributed by atoms with van der Waals surface area (Å²) >= 11 is 0. The first-order valence-corrected chi connectivity index (χ1v) is 8.90. The van der Waals surface area contributed by atoms with E-state index in [-0.39, 0.29) is 18.6 Å². The Balaban J connectivity index is 1.98. The molecule has 2 aromatic rings. The molecule has 2 N–H and O–H groups in total. The molecular formula is C21H28N2O2. The molecule has 0 spiro atoms. The Kier molecular flexibility index (Phi) is 7.02. The molecule has 1 unspecified atom stereocenters. The number of aliphatic hydroxyl groups is 1. The largest absolute Gasteiger partial charge is 0.392 e. The molecule has 0 saturated heterocycles. The maximum absolute atomic E-state index is 12.2. The molecule has 0 aromatic heterocycles.